The average molecular weight is 488 g/mol. The Labute approximate surface area is 209 Å². The van der Waals surface area contributed by atoms with Crippen molar-refractivity contribution in [3.8, 4) is 5.75 Å². The van der Waals surface area contributed by atoms with Gasteiger partial charge in [-0.15, -0.1) is 5.10 Å². The van der Waals surface area contributed by atoms with Crippen LogP contribution in [0, 0.1) is 6.92 Å². The van der Waals surface area contributed by atoms with E-state index < -0.39 is 6.04 Å². The Balaban J connectivity index is 1.81. The molecule has 36 heavy (non-hydrogen) atoms. The van der Waals surface area contributed by atoms with Crippen molar-refractivity contribution in [1.29, 1.82) is 0 Å². The number of carbonyl (C=O) groups is 2. The molecule has 0 unspecified atom stereocenters. The fraction of sp³-hybridized carbons (Fsp3) is 0.259. The summed E-state index contributed by atoms with van der Waals surface area (Å²) >= 11 is 0. The number of anilines is 1. The molecule has 9 heteroatoms. The summed E-state index contributed by atoms with van der Waals surface area (Å²) in [5, 5.41) is 11.2. The van der Waals surface area contributed by atoms with Gasteiger partial charge in [-0.1, -0.05) is 47.7 Å². The summed E-state index contributed by atoms with van der Waals surface area (Å²) in [5.41, 5.74) is 3.54. The molecule has 0 saturated heterocycles. The molecule has 0 aliphatic rings. The van der Waals surface area contributed by atoms with E-state index in [4.69, 9.17) is 9.47 Å². The number of amides is 2. The third kappa shape index (κ3) is 5.36. The third-order valence-electron chi connectivity index (χ3n) is 5.90. The maximum Gasteiger partial charge on any atom is 0.249 e. The van der Waals surface area contributed by atoms with Crippen molar-refractivity contribution in [3.63, 3.8) is 0 Å². The smallest absolute Gasteiger partial charge is 0.249 e. The number of para-hydroxylation sites is 1. The number of nitrogens with zero attached hydrogens (tertiary/aromatic N) is 4. The highest BCUT2D eigenvalue weighted by Crippen LogP contribution is 2.32. The normalized spacial score (nSPS) is 11.8. The summed E-state index contributed by atoms with van der Waals surface area (Å²) in [7, 11) is 3.13. The molecule has 0 bridgehead atoms. The lowest BCUT2D eigenvalue weighted by molar-refractivity contribution is -0.127. The minimum Gasteiger partial charge on any atom is -0.497 e. The summed E-state index contributed by atoms with van der Waals surface area (Å²) in [6.45, 7) is 2.48. The Kier molecular flexibility index (Phi) is 7.92. The molecule has 4 aromatic rings. The molecule has 0 aliphatic heterocycles. The van der Waals surface area contributed by atoms with E-state index >= 15 is 0 Å². The van der Waals surface area contributed by atoms with Crippen molar-refractivity contribution in [3.05, 3.63) is 83.9 Å². The molecule has 0 radical (unpaired) electrons. The SMILES string of the molecule is COCCNC(=O)[C@H](c1ccccc1C)N(C(=O)Cn1nnc2ccccc21)c1cccc(OC)c1. The molecule has 1 atom stereocenters. The van der Waals surface area contributed by atoms with E-state index in [0.29, 0.717) is 35.7 Å². The van der Waals surface area contributed by atoms with E-state index in [0.717, 1.165) is 11.1 Å². The highest BCUT2D eigenvalue weighted by Gasteiger charge is 2.34. The Morgan fingerprint density at radius 1 is 1.03 bits per heavy atom. The van der Waals surface area contributed by atoms with Crippen LogP contribution in [-0.2, 0) is 20.9 Å². The van der Waals surface area contributed by atoms with Crippen LogP contribution in [0.3, 0.4) is 0 Å². The van der Waals surface area contributed by atoms with Gasteiger partial charge in [0.05, 0.1) is 19.2 Å². The first-order chi connectivity index (χ1) is 17.5. The molecular weight excluding hydrogens is 458 g/mol. The van der Waals surface area contributed by atoms with Gasteiger partial charge >= 0.3 is 0 Å². The lowest BCUT2D eigenvalue weighted by Crippen LogP contribution is -2.46. The first kappa shape index (κ1) is 24.9. The van der Waals surface area contributed by atoms with Crippen LogP contribution in [0.2, 0.25) is 0 Å². The van der Waals surface area contributed by atoms with Crippen molar-refractivity contribution in [2.24, 2.45) is 0 Å². The molecule has 186 valence electrons. The van der Waals surface area contributed by atoms with Crippen LogP contribution in [0.15, 0.2) is 72.8 Å². The zero-order valence-electron chi connectivity index (χ0n) is 20.5. The summed E-state index contributed by atoms with van der Waals surface area (Å²) < 4.78 is 12.1. The zero-order chi connectivity index (χ0) is 25.5. The lowest BCUT2D eigenvalue weighted by Gasteiger charge is -2.32. The van der Waals surface area contributed by atoms with Crippen LogP contribution in [0.4, 0.5) is 5.69 Å². The van der Waals surface area contributed by atoms with Crippen molar-refractivity contribution in [2.75, 3.05) is 32.3 Å². The molecule has 1 aromatic heterocycles. The van der Waals surface area contributed by atoms with Crippen LogP contribution in [-0.4, -0.2) is 54.2 Å². The van der Waals surface area contributed by atoms with E-state index in [9.17, 15) is 9.59 Å². The Hall–Kier alpha value is -4.24. The van der Waals surface area contributed by atoms with E-state index in [1.807, 2.05) is 55.5 Å². The van der Waals surface area contributed by atoms with Gasteiger partial charge in [-0.05, 0) is 42.3 Å². The molecule has 0 spiro atoms. The fourth-order valence-electron chi connectivity index (χ4n) is 4.10. The number of benzene rings is 3. The van der Waals surface area contributed by atoms with Gasteiger partial charge in [0.25, 0.3) is 0 Å². The van der Waals surface area contributed by atoms with Crippen LogP contribution in [0.5, 0.6) is 5.75 Å². The first-order valence-electron chi connectivity index (χ1n) is 11.6. The molecule has 4 rings (SSSR count). The van der Waals surface area contributed by atoms with Crippen molar-refractivity contribution in [2.45, 2.75) is 19.5 Å². The third-order valence-corrected chi connectivity index (χ3v) is 5.90. The van der Waals surface area contributed by atoms with Crippen molar-refractivity contribution in [1.82, 2.24) is 20.3 Å². The lowest BCUT2D eigenvalue weighted by atomic mass is 9.98. The number of aromatic nitrogens is 3. The van der Waals surface area contributed by atoms with Gasteiger partial charge in [-0.3, -0.25) is 14.5 Å². The van der Waals surface area contributed by atoms with Gasteiger partial charge in [-0.2, -0.15) is 0 Å². The number of hydrogen-bond acceptors (Lipinski definition) is 6. The molecule has 1 N–H and O–H groups in total. The number of nitrogens with one attached hydrogen (secondary N) is 1. The standard InChI is InChI=1S/C27H29N5O4/c1-19-9-4-5-12-22(19)26(27(34)28-15-16-35-2)32(20-10-8-11-21(17-20)36-3)25(33)18-31-24-14-7-6-13-23(24)29-30-31/h4-14,17,26H,15-16,18H2,1-3H3,(H,28,34)/t26-/m0/s1. The van der Waals surface area contributed by atoms with Gasteiger partial charge in [0.15, 0.2) is 0 Å². The van der Waals surface area contributed by atoms with Crippen LogP contribution in [0.25, 0.3) is 11.0 Å². The van der Waals surface area contributed by atoms with Crippen LogP contribution >= 0.6 is 0 Å². The molecule has 0 fully saturated rings. The summed E-state index contributed by atoms with van der Waals surface area (Å²) in [6, 6.07) is 21.1. The molecular formula is C27H29N5O4. The molecule has 3 aromatic carbocycles. The molecule has 9 nitrogen and oxygen atoms in total. The quantitative estimate of drug-likeness (QED) is 0.345. The zero-order valence-corrected chi connectivity index (χ0v) is 20.5. The highest BCUT2D eigenvalue weighted by molar-refractivity contribution is 6.01. The number of aryl methyl sites for hydroxylation is 1. The predicted octanol–water partition coefficient (Wildman–Crippen LogP) is 3.29. The Morgan fingerprint density at radius 2 is 1.81 bits per heavy atom. The number of hydrogen-bond donors (Lipinski definition) is 1. The topological polar surface area (TPSA) is 98.6 Å². The number of rotatable bonds is 10. The van der Waals surface area contributed by atoms with Gasteiger partial charge in [0.1, 0.15) is 23.9 Å². The second-order valence-electron chi connectivity index (χ2n) is 8.24. The average Bonchev–Trinajstić information content (AvgIpc) is 3.30. The summed E-state index contributed by atoms with van der Waals surface area (Å²) in [5.74, 6) is -0.0742. The number of methoxy groups -OCH3 is 2. The number of ether oxygens (including phenoxy) is 2. The minimum atomic E-state index is -0.933. The van der Waals surface area contributed by atoms with E-state index in [2.05, 4.69) is 15.6 Å². The molecule has 0 saturated carbocycles. The van der Waals surface area contributed by atoms with E-state index in [1.165, 1.54) is 4.90 Å². The maximum absolute atomic E-state index is 14.0. The maximum atomic E-state index is 14.0. The minimum absolute atomic E-state index is 0.106. The van der Waals surface area contributed by atoms with Crippen LogP contribution in [0.1, 0.15) is 17.2 Å². The second-order valence-corrected chi connectivity index (χ2v) is 8.24. The van der Waals surface area contributed by atoms with Gasteiger partial charge in [0.2, 0.25) is 11.8 Å². The summed E-state index contributed by atoms with van der Waals surface area (Å²) in [6.07, 6.45) is 0. The Bertz CT molecular complexity index is 1350. The monoisotopic (exact) mass is 487 g/mol. The molecule has 1 heterocycles. The number of carbonyl (C=O) groups excluding carboxylic acids is 2. The van der Waals surface area contributed by atoms with E-state index in [-0.39, 0.29) is 18.4 Å². The molecule has 0 aliphatic carbocycles. The van der Waals surface area contributed by atoms with Crippen molar-refractivity contribution >= 4 is 28.5 Å². The number of fused-ring (bicyclic) bond motifs is 1. The fourth-order valence-corrected chi connectivity index (χ4v) is 4.10. The van der Waals surface area contributed by atoms with Gasteiger partial charge in [0, 0.05) is 25.4 Å². The Morgan fingerprint density at radius 3 is 2.58 bits per heavy atom. The van der Waals surface area contributed by atoms with Crippen LogP contribution < -0.4 is 15.0 Å². The molecule has 2 amide bonds. The second kappa shape index (κ2) is 11.5. The van der Waals surface area contributed by atoms with Crippen molar-refractivity contribution < 1.29 is 19.1 Å². The largest absolute Gasteiger partial charge is 0.497 e. The predicted molar refractivity (Wildman–Crippen MR) is 137 cm³/mol. The van der Waals surface area contributed by atoms with Gasteiger partial charge in [-0.25, -0.2) is 4.68 Å². The van der Waals surface area contributed by atoms with Gasteiger partial charge < -0.3 is 14.8 Å². The van der Waals surface area contributed by atoms with E-state index in [1.54, 1.807) is 43.2 Å². The highest BCUT2D eigenvalue weighted by atomic mass is 16.5. The first-order valence-corrected chi connectivity index (χ1v) is 11.6. The summed E-state index contributed by atoms with van der Waals surface area (Å²) in [4.78, 5) is 29.1.